The summed E-state index contributed by atoms with van der Waals surface area (Å²) < 4.78 is 0. The second-order valence-electron chi connectivity index (χ2n) is 6.66. The molecule has 1 aromatic heterocycles. The van der Waals surface area contributed by atoms with Gasteiger partial charge in [-0.3, -0.25) is 9.78 Å². The minimum Gasteiger partial charge on any atom is -0.396 e. The van der Waals surface area contributed by atoms with Crippen molar-refractivity contribution in [2.75, 3.05) is 32.8 Å². The van der Waals surface area contributed by atoms with Crippen LogP contribution in [0.5, 0.6) is 0 Å². The van der Waals surface area contributed by atoms with E-state index in [1.165, 1.54) is 0 Å². The minimum atomic E-state index is -0.102. The van der Waals surface area contributed by atoms with Crippen LogP contribution in [0.3, 0.4) is 0 Å². The summed E-state index contributed by atoms with van der Waals surface area (Å²) >= 11 is 6.20. The van der Waals surface area contributed by atoms with Crippen LogP contribution in [0.15, 0.2) is 42.6 Å². The van der Waals surface area contributed by atoms with Gasteiger partial charge in [-0.25, -0.2) is 0 Å². The van der Waals surface area contributed by atoms with Gasteiger partial charge in [0.05, 0.1) is 10.7 Å². The number of halogens is 1. The van der Waals surface area contributed by atoms with Crippen LogP contribution in [0.1, 0.15) is 23.2 Å². The van der Waals surface area contributed by atoms with Crippen molar-refractivity contribution >= 4 is 17.5 Å². The highest BCUT2D eigenvalue weighted by Crippen LogP contribution is 2.25. The summed E-state index contributed by atoms with van der Waals surface area (Å²) in [6, 6.07) is 10.9. The molecule has 3 rings (SSSR count). The highest BCUT2D eigenvalue weighted by atomic mass is 35.5. The standard InChI is InChI=1S/C20H24ClN3O2/c21-18-7-2-8-22-19(18)16-5-1-6-17(12-16)20(26)23-9-11-24-10-3-4-15(13-24)14-25/h1-2,5-8,12,15,25H,3-4,9-11,13-14H2,(H,23,26). The van der Waals surface area contributed by atoms with Crippen LogP contribution >= 0.6 is 11.6 Å². The Balaban J connectivity index is 1.57. The quantitative estimate of drug-likeness (QED) is 0.817. The predicted molar refractivity (Wildman–Crippen MR) is 103 cm³/mol. The SMILES string of the molecule is O=C(NCCN1CCCC(CO)C1)c1cccc(-c2ncccc2Cl)c1. The molecule has 26 heavy (non-hydrogen) atoms. The van der Waals surface area contributed by atoms with E-state index in [2.05, 4.69) is 15.2 Å². The highest BCUT2D eigenvalue weighted by Gasteiger charge is 2.19. The summed E-state index contributed by atoms with van der Waals surface area (Å²) in [5.74, 6) is 0.258. The van der Waals surface area contributed by atoms with Crippen molar-refractivity contribution < 1.29 is 9.90 Å². The molecule has 1 amide bonds. The van der Waals surface area contributed by atoms with Crippen LogP contribution in [-0.4, -0.2) is 53.7 Å². The number of carbonyl (C=O) groups excluding carboxylic acids is 1. The Morgan fingerprint density at radius 3 is 3.04 bits per heavy atom. The Morgan fingerprint density at radius 1 is 1.35 bits per heavy atom. The van der Waals surface area contributed by atoms with E-state index in [0.717, 1.165) is 38.0 Å². The molecule has 138 valence electrons. The molecule has 6 heteroatoms. The summed E-state index contributed by atoms with van der Waals surface area (Å²) in [6.07, 6.45) is 3.88. The van der Waals surface area contributed by atoms with Gasteiger partial charge in [-0.15, -0.1) is 0 Å². The number of benzene rings is 1. The normalized spacial score (nSPS) is 17.8. The first-order valence-electron chi connectivity index (χ1n) is 8.99. The Labute approximate surface area is 159 Å². The fraction of sp³-hybridized carbons (Fsp3) is 0.400. The van der Waals surface area contributed by atoms with Gasteiger partial charge in [0, 0.05) is 43.6 Å². The molecule has 2 N–H and O–H groups in total. The van der Waals surface area contributed by atoms with Gasteiger partial charge in [0.1, 0.15) is 0 Å². The van der Waals surface area contributed by atoms with Gasteiger partial charge >= 0.3 is 0 Å². The smallest absolute Gasteiger partial charge is 0.251 e. The zero-order valence-corrected chi connectivity index (χ0v) is 15.5. The number of piperidine rings is 1. The van der Waals surface area contributed by atoms with Crippen LogP contribution in [0, 0.1) is 5.92 Å². The van der Waals surface area contributed by atoms with Gasteiger partial charge in [0.2, 0.25) is 0 Å². The Kier molecular flexibility index (Phi) is 6.61. The van der Waals surface area contributed by atoms with E-state index in [1.54, 1.807) is 24.4 Å². The maximum atomic E-state index is 12.5. The average Bonchev–Trinajstić information content (AvgIpc) is 2.68. The largest absolute Gasteiger partial charge is 0.396 e. The number of amides is 1. The molecule has 1 unspecified atom stereocenters. The number of likely N-dealkylation sites (tertiary alicyclic amines) is 1. The van der Waals surface area contributed by atoms with Crippen LogP contribution in [0.4, 0.5) is 0 Å². The van der Waals surface area contributed by atoms with E-state index in [1.807, 2.05) is 18.2 Å². The maximum Gasteiger partial charge on any atom is 0.251 e. The summed E-state index contributed by atoms with van der Waals surface area (Å²) in [5, 5.41) is 12.8. The van der Waals surface area contributed by atoms with E-state index < -0.39 is 0 Å². The molecule has 5 nitrogen and oxygen atoms in total. The lowest BCUT2D eigenvalue weighted by Gasteiger charge is -2.31. The molecule has 1 fully saturated rings. The number of aliphatic hydroxyl groups excluding tert-OH is 1. The van der Waals surface area contributed by atoms with Crippen molar-refractivity contribution in [3.8, 4) is 11.3 Å². The first-order valence-corrected chi connectivity index (χ1v) is 9.37. The summed E-state index contributed by atoms with van der Waals surface area (Å²) in [7, 11) is 0. The third kappa shape index (κ3) is 4.81. The number of nitrogens with zero attached hydrogens (tertiary/aromatic N) is 2. The number of rotatable bonds is 6. The Bertz CT molecular complexity index is 753. The lowest BCUT2D eigenvalue weighted by atomic mass is 9.99. The van der Waals surface area contributed by atoms with Crippen LogP contribution < -0.4 is 5.32 Å². The van der Waals surface area contributed by atoms with Gasteiger partial charge in [0.25, 0.3) is 5.91 Å². The van der Waals surface area contributed by atoms with Crippen molar-refractivity contribution in [3.05, 3.63) is 53.2 Å². The third-order valence-corrected chi connectivity index (χ3v) is 5.04. The average molecular weight is 374 g/mol. The summed E-state index contributed by atoms with van der Waals surface area (Å²) in [6.45, 7) is 3.56. The molecule has 0 aliphatic carbocycles. The van der Waals surface area contributed by atoms with Crippen molar-refractivity contribution in [1.82, 2.24) is 15.2 Å². The van der Waals surface area contributed by atoms with Crippen molar-refractivity contribution in [2.24, 2.45) is 5.92 Å². The van der Waals surface area contributed by atoms with Crippen LogP contribution in [0.25, 0.3) is 11.3 Å². The second-order valence-corrected chi connectivity index (χ2v) is 7.07. The Morgan fingerprint density at radius 2 is 2.23 bits per heavy atom. The number of hydrogen-bond donors (Lipinski definition) is 2. The van der Waals surface area contributed by atoms with Crippen LogP contribution in [-0.2, 0) is 0 Å². The number of hydrogen-bond acceptors (Lipinski definition) is 4. The minimum absolute atomic E-state index is 0.102. The van der Waals surface area contributed by atoms with E-state index in [4.69, 9.17) is 11.6 Å². The second kappa shape index (κ2) is 9.12. The maximum absolute atomic E-state index is 12.5. The van der Waals surface area contributed by atoms with Gasteiger partial charge in [-0.1, -0.05) is 23.7 Å². The summed E-state index contributed by atoms with van der Waals surface area (Å²) in [5.41, 5.74) is 2.09. The fourth-order valence-corrected chi connectivity index (χ4v) is 3.57. The number of pyridine rings is 1. The predicted octanol–water partition coefficient (Wildman–Crippen LogP) is 2.84. The molecule has 1 aliphatic rings. The Hall–Kier alpha value is -1.95. The molecule has 0 saturated carbocycles. The highest BCUT2D eigenvalue weighted by molar-refractivity contribution is 6.33. The van der Waals surface area contributed by atoms with E-state index >= 15 is 0 Å². The lowest BCUT2D eigenvalue weighted by Crippen LogP contribution is -2.41. The van der Waals surface area contributed by atoms with E-state index in [-0.39, 0.29) is 12.5 Å². The topological polar surface area (TPSA) is 65.5 Å². The zero-order chi connectivity index (χ0) is 18.4. The molecule has 1 aliphatic heterocycles. The lowest BCUT2D eigenvalue weighted by molar-refractivity contribution is 0.0930. The molecule has 1 saturated heterocycles. The molecule has 0 spiro atoms. The number of nitrogens with one attached hydrogen (secondary N) is 1. The molecule has 1 aromatic carbocycles. The monoisotopic (exact) mass is 373 g/mol. The molecule has 2 heterocycles. The fourth-order valence-electron chi connectivity index (χ4n) is 3.34. The first-order chi connectivity index (χ1) is 12.7. The van der Waals surface area contributed by atoms with Gasteiger partial charge in [-0.05, 0) is 49.6 Å². The zero-order valence-electron chi connectivity index (χ0n) is 14.7. The summed E-state index contributed by atoms with van der Waals surface area (Å²) in [4.78, 5) is 19.0. The van der Waals surface area contributed by atoms with Crippen LogP contribution in [0.2, 0.25) is 5.02 Å². The molecule has 1 atom stereocenters. The number of carbonyl (C=O) groups is 1. The van der Waals surface area contributed by atoms with E-state index in [9.17, 15) is 9.90 Å². The molecular weight excluding hydrogens is 350 g/mol. The van der Waals surface area contributed by atoms with Crippen molar-refractivity contribution in [1.29, 1.82) is 0 Å². The number of aromatic nitrogens is 1. The number of aliphatic hydroxyl groups is 1. The first kappa shape index (κ1) is 18.8. The molecule has 0 radical (unpaired) electrons. The molecular formula is C20H24ClN3O2. The molecule has 0 bridgehead atoms. The van der Waals surface area contributed by atoms with E-state index in [0.29, 0.717) is 28.7 Å². The van der Waals surface area contributed by atoms with Gasteiger partial charge in [-0.2, -0.15) is 0 Å². The van der Waals surface area contributed by atoms with Crippen molar-refractivity contribution in [2.45, 2.75) is 12.8 Å². The van der Waals surface area contributed by atoms with Gasteiger partial charge < -0.3 is 15.3 Å². The third-order valence-electron chi connectivity index (χ3n) is 4.73. The van der Waals surface area contributed by atoms with Crippen molar-refractivity contribution in [3.63, 3.8) is 0 Å². The van der Waals surface area contributed by atoms with Gasteiger partial charge in [0.15, 0.2) is 0 Å². The molecule has 2 aromatic rings.